The molecule has 0 aliphatic rings. The lowest BCUT2D eigenvalue weighted by Gasteiger charge is -2.15. The van der Waals surface area contributed by atoms with E-state index in [1.807, 2.05) is 37.3 Å². The van der Waals surface area contributed by atoms with Crippen molar-refractivity contribution in [1.82, 2.24) is 14.5 Å². The number of hydrogen-bond acceptors (Lipinski definition) is 7. The average Bonchev–Trinajstić information content (AvgIpc) is 3.27. The number of carbonyl (C=O) groups is 1. The smallest absolute Gasteiger partial charge is 0.373 e. The van der Waals surface area contributed by atoms with E-state index in [0.717, 1.165) is 5.56 Å². The van der Waals surface area contributed by atoms with Gasteiger partial charge in [0.1, 0.15) is 5.76 Å². The van der Waals surface area contributed by atoms with Gasteiger partial charge < -0.3 is 9.15 Å². The number of fused-ring (bicyclic) bond motifs is 1. The zero-order valence-corrected chi connectivity index (χ0v) is 17.3. The van der Waals surface area contributed by atoms with Crippen molar-refractivity contribution in [3.05, 3.63) is 88.4 Å². The number of ether oxygens (including phenoxy) is 1. The second kappa shape index (κ2) is 8.54. The zero-order chi connectivity index (χ0) is 21.1. The van der Waals surface area contributed by atoms with E-state index < -0.39 is 5.97 Å². The number of thioether (sulfide) groups is 1. The number of rotatable bonds is 6. The Morgan fingerprint density at radius 2 is 2.03 bits per heavy atom. The number of aromatic nitrogens is 3. The Morgan fingerprint density at radius 3 is 2.80 bits per heavy atom. The molecule has 0 N–H and O–H groups in total. The number of methoxy groups -OCH3 is 1. The summed E-state index contributed by atoms with van der Waals surface area (Å²) in [5, 5.41) is 0.937. The molecule has 7 nitrogen and oxygen atoms in total. The lowest BCUT2D eigenvalue weighted by molar-refractivity contribution is 0.0563. The first-order valence-corrected chi connectivity index (χ1v) is 10.2. The molecule has 1 atom stereocenters. The molecule has 4 rings (SSSR count). The Labute approximate surface area is 176 Å². The number of pyridine rings is 1. The number of furan rings is 1. The zero-order valence-electron chi connectivity index (χ0n) is 16.4. The molecule has 0 aliphatic heterocycles. The lowest BCUT2D eigenvalue weighted by atomic mass is 10.2. The predicted molar refractivity (Wildman–Crippen MR) is 114 cm³/mol. The van der Waals surface area contributed by atoms with E-state index in [4.69, 9.17) is 14.1 Å². The van der Waals surface area contributed by atoms with Gasteiger partial charge in [0.25, 0.3) is 5.56 Å². The molecule has 4 aromatic rings. The molecule has 0 saturated heterocycles. The fourth-order valence-electron chi connectivity index (χ4n) is 3.05. The topological polar surface area (TPSA) is 87.2 Å². The molecule has 152 valence electrons. The number of benzene rings is 1. The third kappa shape index (κ3) is 3.99. The summed E-state index contributed by atoms with van der Waals surface area (Å²) in [5.41, 5.74) is 1.42. The average molecular weight is 421 g/mol. The molecule has 0 fully saturated rings. The molecule has 1 aromatic carbocycles. The number of hydrogen-bond donors (Lipinski definition) is 0. The third-order valence-electron chi connectivity index (χ3n) is 4.59. The molecule has 1 unspecified atom stereocenters. The van der Waals surface area contributed by atoms with Crippen molar-refractivity contribution >= 4 is 28.6 Å². The van der Waals surface area contributed by atoms with Crippen LogP contribution in [0.5, 0.6) is 0 Å². The Kier molecular flexibility index (Phi) is 5.67. The van der Waals surface area contributed by atoms with Crippen LogP contribution in [-0.4, -0.2) is 27.6 Å². The molecule has 30 heavy (non-hydrogen) atoms. The highest BCUT2D eigenvalue weighted by molar-refractivity contribution is 7.99. The second-order valence-corrected chi connectivity index (χ2v) is 7.93. The van der Waals surface area contributed by atoms with Crippen molar-refractivity contribution in [2.75, 3.05) is 7.11 Å². The van der Waals surface area contributed by atoms with Gasteiger partial charge in [0, 0.05) is 12.4 Å². The Bertz CT molecular complexity index is 1250. The van der Waals surface area contributed by atoms with Gasteiger partial charge in [0.15, 0.2) is 5.16 Å². The molecule has 3 aromatic heterocycles. The lowest BCUT2D eigenvalue weighted by Crippen LogP contribution is -2.24. The van der Waals surface area contributed by atoms with E-state index in [-0.39, 0.29) is 16.6 Å². The summed E-state index contributed by atoms with van der Waals surface area (Å²) in [7, 11) is 1.30. The molecule has 0 aliphatic carbocycles. The van der Waals surface area contributed by atoms with Gasteiger partial charge in [0.2, 0.25) is 5.76 Å². The first kappa shape index (κ1) is 19.9. The summed E-state index contributed by atoms with van der Waals surface area (Å²) in [4.78, 5) is 33.7. The highest BCUT2D eigenvalue weighted by atomic mass is 32.2. The molecule has 8 heteroatoms. The predicted octanol–water partition coefficient (Wildman–Crippen LogP) is 4.07. The van der Waals surface area contributed by atoms with Crippen molar-refractivity contribution in [3.63, 3.8) is 0 Å². The van der Waals surface area contributed by atoms with Gasteiger partial charge in [0.05, 0.1) is 29.8 Å². The standard InChI is InChI=1S/C22H19N3O4S/c1-14(18-9-10-19(29-18)21(27)28-2)30-22-24-17-8-4-3-7-16(17)20(26)25(22)13-15-6-5-11-23-12-15/h3-12,14H,13H2,1-2H3. The van der Waals surface area contributed by atoms with Crippen molar-refractivity contribution in [2.45, 2.75) is 23.9 Å². The Balaban J connectivity index is 1.73. The second-order valence-electron chi connectivity index (χ2n) is 6.62. The maximum absolute atomic E-state index is 13.2. The number of carbonyl (C=O) groups excluding carboxylic acids is 1. The third-order valence-corrected chi connectivity index (χ3v) is 5.69. The SMILES string of the molecule is COC(=O)c1ccc(C(C)Sc2nc3ccccc3c(=O)n2Cc2cccnc2)o1. The van der Waals surface area contributed by atoms with Crippen LogP contribution in [0.4, 0.5) is 0 Å². The molecule has 0 saturated carbocycles. The van der Waals surface area contributed by atoms with E-state index >= 15 is 0 Å². The monoisotopic (exact) mass is 421 g/mol. The fourth-order valence-corrected chi connectivity index (χ4v) is 4.03. The van der Waals surface area contributed by atoms with Crippen LogP contribution in [0.1, 0.15) is 34.1 Å². The largest absolute Gasteiger partial charge is 0.463 e. The van der Waals surface area contributed by atoms with Gasteiger partial charge in [-0.2, -0.15) is 0 Å². The minimum Gasteiger partial charge on any atom is -0.463 e. The van der Waals surface area contributed by atoms with E-state index in [1.165, 1.54) is 18.9 Å². The summed E-state index contributed by atoms with van der Waals surface area (Å²) >= 11 is 1.39. The number of para-hydroxylation sites is 1. The molecule has 3 heterocycles. The molecule has 0 radical (unpaired) electrons. The van der Waals surface area contributed by atoms with Crippen LogP contribution in [0.2, 0.25) is 0 Å². The van der Waals surface area contributed by atoms with Gasteiger partial charge in [-0.1, -0.05) is 30.0 Å². The summed E-state index contributed by atoms with van der Waals surface area (Å²) in [6.45, 7) is 2.28. The van der Waals surface area contributed by atoms with Crippen molar-refractivity contribution in [1.29, 1.82) is 0 Å². The van der Waals surface area contributed by atoms with Crippen molar-refractivity contribution in [3.8, 4) is 0 Å². The minimum absolute atomic E-state index is 0.117. The Hall–Kier alpha value is -3.39. The first-order chi connectivity index (χ1) is 14.6. The molecule has 0 spiro atoms. The van der Waals surface area contributed by atoms with Gasteiger partial charge in [-0.05, 0) is 42.8 Å². The first-order valence-electron chi connectivity index (χ1n) is 9.30. The number of nitrogens with zero attached hydrogens (tertiary/aromatic N) is 3. The summed E-state index contributed by atoms with van der Waals surface area (Å²) < 4.78 is 12.0. The molecule has 0 amide bonds. The molecular formula is C22H19N3O4S. The highest BCUT2D eigenvalue weighted by Crippen LogP contribution is 2.35. The van der Waals surface area contributed by atoms with Crippen LogP contribution in [0.15, 0.2) is 75.3 Å². The van der Waals surface area contributed by atoms with E-state index in [2.05, 4.69) is 4.98 Å². The number of esters is 1. The quantitative estimate of drug-likeness (QED) is 0.263. The van der Waals surface area contributed by atoms with Crippen LogP contribution < -0.4 is 5.56 Å². The van der Waals surface area contributed by atoms with Crippen LogP contribution in [0.25, 0.3) is 10.9 Å². The van der Waals surface area contributed by atoms with Gasteiger partial charge >= 0.3 is 5.97 Å². The van der Waals surface area contributed by atoms with E-state index in [0.29, 0.717) is 28.4 Å². The summed E-state index contributed by atoms with van der Waals surface area (Å²) in [6.07, 6.45) is 3.42. The van der Waals surface area contributed by atoms with Crippen LogP contribution in [0, 0.1) is 0 Å². The Morgan fingerprint density at radius 1 is 1.20 bits per heavy atom. The van der Waals surface area contributed by atoms with E-state index in [1.54, 1.807) is 35.2 Å². The maximum Gasteiger partial charge on any atom is 0.373 e. The maximum atomic E-state index is 13.2. The van der Waals surface area contributed by atoms with Crippen LogP contribution in [-0.2, 0) is 11.3 Å². The van der Waals surface area contributed by atoms with Crippen LogP contribution >= 0.6 is 11.8 Å². The van der Waals surface area contributed by atoms with Gasteiger partial charge in [-0.25, -0.2) is 9.78 Å². The molecular weight excluding hydrogens is 402 g/mol. The highest BCUT2D eigenvalue weighted by Gasteiger charge is 2.20. The normalized spacial score (nSPS) is 12.1. The van der Waals surface area contributed by atoms with Gasteiger partial charge in [-0.3, -0.25) is 14.3 Å². The van der Waals surface area contributed by atoms with Crippen LogP contribution in [0.3, 0.4) is 0 Å². The minimum atomic E-state index is -0.532. The summed E-state index contributed by atoms with van der Waals surface area (Å²) in [6, 6.07) is 14.3. The van der Waals surface area contributed by atoms with Gasteiger partial charge in [-0.15, -0.1) is 0 Å². The van der Waals surface area contributed by atoms with Crippen molar-refractivity contribution < 1.29 is 13.9 Å². The fraction of sp³-hybridized carbons (Fsp3) is 0.182. The summed E-state index contributed by atoms with van der Waals surface area (Å²) in [5.74, 6) is 0.200. The van der Waals surface area contributed by atoms with Crippen molar-refractivity contribution in [2.24, 2.45) is 0 Å². The molecule has 0 bridgehead atoms. The van der Waals surface area contributed by atoms with E-state index in [9.17, 15) is 9.59 Å².